The Morgan fingerprint density at radius 2 is 2.00 bits per heavy atom. The van der Waals surface area contributed by atoms with Crippen molar-refractivity contribution in [3.05, 3.63) is 46.3 Å². The minimum atomic E-state index is 0.0845. The van der Waals surface area contributed by atoms with Crippen LogP contribution in [0.4, 0.5) is 11.4 Å². The lowest BCUT2D eigenvalue weighted by Gasteiger charge is -2.36. The second kappa shape index (κ2) is 6.39. The number of anilines is 2. The summed E-state index contributed by atoms with van der Waals surface area (Å²) in [5.41, 5.74) is 5.03. The van der Waals surface area contributed by atoms with Crippen LogP contribution < -0.4 is 9.80 Å². The van der Waals surface area contributed by atoms with Crippen LogP contribution in [0.1, 0.15) is 11.3 Å². The van der Waals surface area contributed by atoms with E-state index in [9.17, 15) is 4.79 Å². The molecule has 26 heavy (non-hydrogen) atoms. The average Bonchev–Trinajstić information content (AvgIpc) is 3.02. The molecule has 0 spiro atoms. The molecule has 1 amide bonds. The van der Waals surface area contributed by atoms with Gasteiger partial charge in [0.25, 0.3) is 0 Å². The van der Waals surface area contributed by atoms with Gasteiger partial charge in [0.1, 0.15) is 0 Å². The van der Waals surface area contributed by atoms with Crippen molar-refractivity contribution in [2.24, 2.45) is 7.05 Å². The van der Waals surface area contributed by atoms with Crippen molar-refractivity contribution in [1.82, 2.24) is 14.8 Å². The van der Waals surface area contributed by atoms with E-state index in [0.717, 1.165) is 44.6 Å². The van der Waals surface area contributed by atoms with Crippen LogP contribution in [0.5, 0.6) is 0 Å². The minimum Gasteiger partial charge on any atom is -0.360 e. The molecular formula is C19H20BrN5O. The van der Waals surface area contributed by atoms with Gasteiger partial charge in [0.05, 0.1) is 29.6 Å². The molecule has 1 aliphatic heterocycles. The Hall–Kier alpha value is -2.41. The molecule has 0 N–H and O–H groups in total. The molecule has 134 valence electrons. The maximum absolute atomic E-state index is 12.8. The number of halogens is 1. The van der Waals surface area contributed by atoms with Gasteiger partial charge in [-0.25, -0.2) is 0 Å². The summed E-state index contributed by atoms with van der Waals surface area (Å²) in [6.07, 6.45) is 3.61. The summed E-state index contributed by atoms with van der Waals surface area (Å²) in [7, 11) is 1.86. The summed E-state index contributed by atoms with van der Waals surface area (Å²) < 4.78 is 2.73. The molecule has 0 atom stereocenters. The Kier molecular flexibility index (Phi) is 4.19. The van der Waals surface area contributed by atoms with E-state index in [4.69, 9.17) is 4.98 Å². The third-order valence-electron chi connectivity index (χ3n) is 4.94. The van der Waals surface area contributed by atoms with Crippen molar-refractivity contribution in [2.45, 2.75) is 13.8 Å². The zero-order valence-electron chi connectivity index (χ0n) is 15.0. The van der Waals surface area contributed by atoms with Crippen LogP contribution in [-0.4, -0.2) is 40.3 Å². The van der Waals surface area contributed by atoms with Crippen LogP contribution in [0.15, 0.2) is 35.1 Å². The lowest BCUT2D eigenvalue weighted by molar-refractivity contribution is -0.117. The summed E-state index contributed by atoms with van der Waals surface area (Å²) >= 11 is 3.56. The first-order valence-electron chi connectivity index (χ1n) is 8.54. The molecule has 0 unspecified atom stereocenters. The zero-order valence-corrected chi connectivity index (χ0v) is 16.6. The minimum absolute atomic E-state index is 0.0845. The molecule has 4 rings (SSSR count). The molecule has 2 aromatic heterocycles. The number of rotatable bonds is 2. The molecule has 1 aliphatic rings. The Morgan fingerprint density at radius 3 is 2.69 bits per heavy atom. The van der Waals surface area contributed by atoms with Crippen LogP contribution in [0.25, 0.3) is 10.9 Å². The van der Waals surface area contributed by atoms with Gasteiger partial charge < -0.3 is 9.80 Å². The van der Waals surface area contributed by atoms with E-state index in [2.05, 4.69) is 38.9 Å². The number of hydrogen-bond donors (Lipinski definition) is 0. The normalized spacial score (nSPS) is 15.2. The Balaban J connectivity index is 1.72. The van der Waals surface area contributed by atoms with Gasteiger partial charge in [-0.1, -0.05) is 15.9 Å². The monoisotopic (exact) mass is 413 g/mol. The van der Waals surface area contributed by atoms with Crippen molar-refractivity contribution in [3.8, 4) is 0 Å². The van der Waals surface area contributed by atoms with E-state index in [0.29, 0.717) is 13.1 Å². The van der Waals surface area contributed by atoms with Gasteiger partial charge in [0, 0.05) is 41.9 Å². The highest BCUT2D eigenvalue weighted by molar-refractivity contribution is 9.10. The van der Waals surface area contributed by atoms with Crippen LogP contribution in [0.3, 0.4) is 0 Å². The average molecular weight is 414 g/mol. The number of piperazine rings is 1. The highest BCUT2D eigenvalue weighted by atomic mass is 79.9. The molecule has 7 heteroatoms. The lowest BCUT2D eigenvalue weighted by Crippen LogP contribution is -2.50. The molecule has 3 heterocycles. The van der Waals surface area contributed by atoms with Crippen LogP contribution in [-0.2, 0) is 11.8 Å². The fraction of sp³-hybridized carbons (Fsp3) is 0.316. The largest absolute Gasteiger partial charge is 0.360 e. The molecule has 0 bridgehead atoms. The highest BCUT2D eigenvalue weighted by Crippen LogP contribution is 2.34. The van der Waals surface area contributed by atoms with E-state index in [1.165, 1.54) is 0 Å². The number of pyridine rings is 1. The number of amides is 1. The van der Waals surface area contributed by atoms with E-state index in [1.54, 1.807) is 10.9 Å². The third kappa shape index (κ3) is 2.86. The van der Waals surface area contributed by atoms with Crippen molar-refractivity contribution < 1.29 is 4.79 Å². The number of nitrogens with zero attached hydrogens (tertiary/aromatic N) is 5. The first-order chi connectivity index (χ1) is 12.4. The molecule has 0 aliphatic carbocycles. The summed E-state index contributed by atoms with van der Waals surface area (Å²) in [6, 6.07) is 6.10. The summed E-state index contributed by atoms with van der Waals surface area (Å²) in [6.45, 7) is 5.86. The van der Waals surface area contributed by atoms with Gasteiger partial charge in [0.2, 0.25) is 5.91 Å². The maximum atomic E-state index is 12.8. The van der Waals surface area contributed by atoms with E-state index in [1.807, 2.05) is 37.2 Å². The predicted octanol–water partition coefficient (Wildman–Crippen LogP) is 3.20. The molecule has 0 radical (unpaired) electrons. The number of hydrogen-bond acceptors (Lipinski definition) is 4. The van der Waals surface area contributed by atoms with Crippen molar-refractivity contribution in [3.63, 3.8) is 0 Å². The van der Waals surface area contributed by atoms with Gasteiger partial charge in [-0.05, 0) is 37.6 Å². The van der Waals surface area contributed by atoms with Crippen molar-refractivity contribution in [1.29, 1.82) is 0 Å². The lowest BCUT2D eigenvalue weighted by atomic mass is 10.0. The fourth-order valence-corrected chi connectivity index (χ4v) is 3.89. The molecular weight excluding hydrogens is 394 g/mol. The number of benzene rings is 1. The number of carbonyl (C=O) groups excluding carboxylic acids is 1. The highest BCUT2D eigenvalue weighted by Gasteiger charge is 2.28. The first-order valence-corrected chi connectivity index (χ1v) is 9.34. The van der Waals surface area contributed by atoms with Crippen molar-refractivity contribution in [2.75, 3.05) is 29.4 Å². The molecule has 0 saturated carbocycles. The van der Waals surface area contributed by atoms with E-state index in [-0.39, 0.29) is 5.91 Å². The van der Waals surface area contributed by atoms with Crippen LogP contribution in [0.2, 0.25) is 0 Å². The van der Waals surface area contributed by atoms with Crippen LogP contribution in [0, 0.1) is 13.8 Å². The Bertz CT molecular complexity index is 1010. The molecule has 1 saturated heterocycles. The topological polar surface area (TPSA) is 54.3 Å². The van der Waals surface area contributed by atoms with Crippen molar-refractivity contribution >= 4 is 44.1 Å². The summed E-state index contributed by atoms with van der Waals surface area (Å²) in [5.74, 6) is 0.0845. The Labute approximate surface area is 160 Å². The zero-order chi connectivity index (χ0) is 18.4. The van der Waals surface area contributed by atoms with E-state index >= 15 is 0 Å². The third-order valence-corrected chi connectivity index (χ3v) is 5.43. The molecule has 1 fully saturated rings. The van der Waals surface area contributed by atoms with E-state index < -0.39 is 0 Å². The molecule has 3 aromatic rings. The Morgan fingerprint density at radius 1 is 1.19 bits per heavy atom. The first kappa shape index (κ1) is 17.0. The number of fused-ring (bicyclic) bond motifs is 1. The van der Waals surface area contributed by atoms with Gasteiger partial charge >= 0.3 is 0 Å². The SMILES string of the molecule is Cc1nc2ccc(Br)cc2c(N2CCN(c3cnn(C)c3)C(=O)C2)c1C. The van der Waals surface area contributed by atoms with Crippen LogP contribution >= 0.6 is 15.9 Å². The number of aryl methyl sites for hydroxylation is 2. The van der Waals surface area contributed by atoms with Gasteiger partial charge in [-0.2, -0.15) is 5.10 Å². The predicted molar refractivity (Wildman–Crippen MR) is 107 cm³/mol. The standard InChI is InChI=1S/C19H20BrN5O/c1-12-13(2)22-17-5-4-14(20)8-16(17)19(12)24-6-7-25(18(26)11-24)15-9-21-23(3)10-15/h4-5,8-10H,6-7,11H2,1-3H3. The molecule has 1 aromatic carbocycles. The second-order valence-corrected chi connectivity index (χ2v) is 7.59. The smallest absolute Gasteiger partial charge is 0.246 e. The number of carbonyl (C=O) groups is 1. The van der Waals surface area contributed by atoms with Gasteiger partial charge in [0.15, 0.2) is 0 Å². The number of aromatic nitrogens is 3. The van der Waals surface area contributed by atoms with Gasteiger partial charge in [-0.15, -0.1) is 0 Å². The second-order valence-electron chi connectivity index (χ2n) is 6.67. The molecule has 6 nitrogen and oxygen atoms in total. The maximum Gasteiger partial charge on any atom is 0.246 e. The summed E-state index contributed by atoms with van der Waals surface area (Å²) in [5, 5.41) is 5.25. The van der Waals surface area contributed by atoms with Gasteiger partial charge in [-0.3, -0.25) is 14.5 Å². The quantitative estimate of drug-likeness (QED) is 0.647. The summed E-state index contributed by atoms with van der Waals surface area (Å²) in [4.78, 5) is 21.5. The fourth-order valence-electron chi connectivity index (χ4n) is 3.53.